The first kappa shape index (κ1) is 23.1. The van der Waals surface area contributed by atoms with Crippen LogP contribution in [0.5, 0.6) is 11.5 Å². The lowest BCUT2D eigenvalue weighted by atomic mass is 9.94. The molecule has 4 aromatic rings. The average molecular weight is 470 g/mol. The van der Waals surface area contributed by atoms with Gasteiger partial charge in [-0.1, -0.05) is 44.2 Å². The molecule has 0 aliphatic carbocycles. The lowest BCUT2D eigenvalue weighted by molar-refractivity contribution is 0.0992. The molecule has 7 nitrogen and oxygen atoms in total. The van der Waals surface area contributed by atoms with Gasteiger partial charge in [0.05, 0.1) is 0 Å². The quantitative estimate of drug-likeness (QED) is 0.300. The molecule has 180 valence electrons. The number of aryl methyl sites for hydroxylation is 1. The predicted molar refractivity (Wildman–Crippen MR) is 139 cm³/mol. The van der Waals surface area contributed by atoms with Gasteiger partial charge in [0.1, 0.15) is 16.9 Å². The molecule has 1 saturated heterocycles. The Kier molecular flexibility index (Phi) is 6.51. The van der Waals surface area contributed by atoms with Gasteiger partial charge >= 0.3 is 0 Å². The molecule has 0 unspecified atom stereocenters. The predicted octanol–water partition coefficient (Wildman–Crippen LogP) is 5.38. The minimum atomic E-state index is 0.0615. The van der Waals surface area contributed by atoms with E-state index < -0.39 is 0 Å². The minimum Gasteiger partial charge on any atom is -0.456 e. The number of nitrogens with zero attached hydrogens (tertiary/aromatic N) is 2. The molecule has 3 N–H and O–H groups in total. The van der Waals surface area contributed by atoms with Crippen LogP contribution in [0.4, 0.5) is 5.82 Å². The number of Topliss-reactive ketones (excluding diaryl/α,β-unsaturated/α-hetero) is 1. The normalized spacial score (nSPS) is 15.6. The van der Waals surface area contributed by atoms with E-state index in [9.17, 15) is 4.79 Å². The van der Waals surface area contributed by atoms with Crippen molar-refractivity contribution >= 4 is 22.6 Å². The minimum absolute atomic E-state index is 0.0615. The van der Waals surface area contributed by atoms with Crippen LogP contribution < -0.4 is 15.4 Å². The number of nitrogens with one attached hydrogen (secondary N) is 3. The number of rotatable bonds is 8. The summed E-state index contributed by atoms with van der Waals surface area (Å²) in [5.41, 5.74) is 4.85. The monoisotopic (exact) mass is 469 g/mol. The van der Waals surface area contributed by atoms with Gasteiger partial charge in [-0.25, -0.2) is 4.98 Å². The Morgan fingerprint density at radius 3 is 2.86 bits per heavy atom. The molecule has 0 saturated carbocycles. The number of aromatic nitrogens is 3. The number of pyridine rings is 1. The van der Waals surface area contributed by atoms with Crippen molar-refractivity contribution in [2.24, 2.45) is 0 Å². The van der Waals surface area contributed by atoms with Crippen molar-refractivity contribution in [1.82, 2.24) is 20.5 Å². The van der Waals surface area contributed by atoms with Gasteiger partial charge in [-0.2, -0.15) is 5.10 Å². The number of hydrogen-bond acceptors (Lipinski definition) is 6. The Morgan fingerprint density at radius 1 is 1.20 bits per heavy atom. The molecule has 1 fully saturated rings. The van der Waals surface area contributed by atoms with Gasteiger partial charge in [-0.3, -0.25) is 9.89 Å². The molecular weight excluding hydrogens is 438 g/mol. The number of aromatic amines is 1. The molecule has 1 atom stereocenters. The Morgan fingerprint density at radius 2 is 2.09 bits per heavy atom. The first-order chi connectivity index (χ1) is 17.0. The van der Waals surface area contributed by atoms with Crippen molar-refractivity contribution < 1.29 is 9.53 Å². The second kappa shape index (κ2) is 9.88. The van der Waals surface area contributed by atoms with E-state index in [0.717, 1.165) is 36.3 Å². The van der Waals surface area contributed by atoms with Crippen LogP contribution in [0.1, 0.15) is 53.2 Å². The van der Waals surface area contributed by atoms with Crippen LogP contribution in [0.25, 0.3) is 11.0 Å². The van der Waals surface area contributed by atoms with Gasteiger partial charge in [0.2, 0.25) is 0 Å². The maximum atomic E-state index is 13.1. The number of hydrogen-bond donors (Lipinski definition) is 3. The molecule has 1 aliphatic rings. The Hall–Kier alpha value is -3.71. The summed E-state index contributed by atoms with van der Waals surface area (Å²) < 4.78 is 6.25. The molecule has 5 rings (SSSR count). The summed E-state index contributed by atoms with van der Waals surface area (Å²) in [6, 6.07) is 15.8. The molecule has 0 spiro atoms. The Bertz CT molecular complexity index is 1350. The summed E-state index contributed by atoms with van der Waals surface area (Å²) in [6.45, 7) is 8.36. The number of H-pyrrole nitrogens is 1. The van der Waals surface area contributed by atoms with Gasteiger partial charge < -0.3 is 15.4 Å². The van der Waals surface area contributed by atoms with Crippen molar-refractivity contribution in [3.8, 4) is 11.5 Å². The van der Waals surface area contributed by atoms with Crippen molar-refractivity contribution in [2.45, 2.75) is 45.6 Å². The summed E-state index contributed by atoms with van der Waals surface area (Å²) in [7, 11) is 0. The number of carbonyl (C=O) groups excluding carboxylic acids is 1. The van der Waals surface area contributed by atoms with Crippen molar-refractivity contribution in [2.75, 3.05) is 18.4 Å². The van der Waals surface area contributed by atoms with Crippen LogP contribution in [0.3, 0.4) is 0 Å². The maximum absolute atomic E-state index is 13.1. The van der Waals surface area contributed by atoms with E-state index in [1.54, 1.807) is 12.3 Å². The number of ketones is 1. The van der Waals surface area contributed by atoms with Gasteiger partial charge in [0, 0.05) is 36.8 Å². The van der Waals surface area contributed by atoms with Crippen LogP contribution in [0, 0.1) is 6.92 Å². The first-order valence-corrected chi connectivity index (χ1v) is 12.2. The first-order valence-electron chi connectivity index (χ1n) is 12.2. The fourth-order valence-corrected chi connectivity index (χ4v) is 4.73. The third-order valence-corrected chi connectivity index (χ3v) is 6.53. The fourth-order valence-electron chi connectivity index (χ4n) is 4.73. The highest BCUT2D eigenvalue weighted by Crippen LogP contribution is 2.33. The second-order valence-electron chi connectivity index (χ2n) is 9.51. The van der Waals surface area contributed by atoms with Crippen molar-refractivity contribution in [1.29, 1.82) is 0 Å². The van der Waals surface area contributed by atoms with Crippen molar-refractivity contribution in [3.63, 3.8) is 0 Å². The smallest absolute Gasteiger partial charge is 0.167 e. The van der Waals surface area contributed by atoms with Crippen LogP contribution in [0.2, 0.25) is 0 Å². The van der Waals surface area contributed by atoms with Crippen molar-refractivity contribution in [3.05, 3.63) is 77.0 Å². The molecule has 2 aromatic carbocycles. The molecule has 2 aromatic heterocycles. The molecule has 0 radical (unpaired) electrons. The van der Waals surface area contributed by atoms with E-state index in [1.807, 2.05) is 24.3 Å². The zero-order valence-electron chi connectivity index (χ0n) is 20.4. The van der Waals surface area contributed by atoms with E-state index in [4.69, 9.17) is 4.74 Å². The second-order valence-corrected chi connectivity index (χ2v) is 9.51. The summed E-state index contributed by atoms with van der Waals surface area (Å²) >= 11 is 0. The third kappa shape index (κ3) is 5.05. The van der Waals surface area contributed by atoms with E-state index in [-0.39, 0.29) is 5.78 Å². The van der Waals surface area contributed by atoms with Gasteiger partial charge in [0.15, 0.2) is 17.2 Å². The van der Waals surface area contributed by atoms with Gasteiger partial charge in [-0.15, -0.1) is 0 Å². The van der Waals surface area contributed by atoms with Crippen LogP contribution in [-0.2, 0) is 6.42 Å². The fraction of sp³-hybridized carbons (Fsp3) is 0.321. The molecule has 35 heavy (non-hydrogen) atoms. The number of anilines is 1. The molecule has 3 heterocycles. The van der Waals surface area contributed by atoms with Crippen LogP contribution in [-0.4, -0.2) is 40.1 Å². The highest BCUT2D eigenvalue weighted by atomic mass is 16.5. The van der Waals surface area contributed by atoms with Gasteiger partial charge in [0.25, 0.3) is 0 Å². The zero-order chi connectivity index (χ0) is 24.4. The molecule has 7 heteroatoms. The molecule has 0 amide bonds. The molecule has 0 bridgehead atoms. The zero-order valence-corrected chi connectivity index (χ0v) is 20.4. The lowest BCUT2D eigenvalue weighted by Crippen LogP contribution is -2.22. The number of ether oxygens (including phenoxy) is 1. The van der Waals surface area contributed by atoms with Gasteiger partial charge in [-0.05, 0) is 54.6 Å². The number of benzene rings is 2. The average Bonchev–Trinajstić information content (AvgIpc) is 3.50. The van der Waals surface area contributed by atoms with Crippen LogP contribution >= 0.6 is 0 Å². The summed E-state index contributed by atoms with van der Waals surface area (Å²) in [5.74, 6) is 2.50. The summed E-state index contributed by atoms with van der Waals surface area (Å²) in [4.78, 5) is 17.5. The topological polar surface area (TPSA) is 91.9 Å². The lowest BCUT2D eigenvalue weighted by Gasteiger charge is -2.13. The standard InChI is InChI=1S/C28H31N5O2/c1-17(2)23-8-7-19(13-18(23)3)14-24(34)20-5-4-6-22(15-20)35-25-10-12-30-27-26(25)28(33-32-27)31-21-9-11-29-16-21/h4-8,10,12-13,15,17,21,29H,9,11,14,16H2,1-3H3,(H2,30,31,32,33)/t21-/m0/s1. The van der Waals surface area contributed by atoms with E-state index >= 15 is 0 Å². The number of fused-ring (bicyclic) bond motifs is 1. The van der Waals surface area contributed by atoms with E-state index in [0.29, 0.717) is 41.1 Å². The number of carbonyl (C=O) groups is 1. The summed E-state index contributed by atoms with van der Waals surface area (Å²) in [5, 5.41) is 15.0. The Balaban J connectivity index is 1.35. The highest BCUT2D eigenvalue weighted by molar-refractivity contribution is 5.98. The molecular formula is C28H31N5O2. The maximum Gasteiger partial charge on any atom is 0.167 e. The SMILES string of the molecule is Cc1cc(CC(=O)c2cccc(Oc3ccnc4[nH]nc(N[C@H]5CCNC5)c34)c2)ccc1C(C)C. The third-order valence-electron chi connectivity index (χ3n) is 6.53. The largest absolute Gasteiger partial charge is 0.456 e. The highest BCUT2D eigenvalue weighted by Gasteiger charge is 2.19. The Labute approximate surface area is 205 Å². The molecule has 1 aliphatic heterocycles. The van der Waals surface area contributed by atoms with E-state index in [2.05, 4.69) is 64.8 Å². The van der Waals surface area contributed by atoms with E-state index in [1.165, 1.54) is 11.1 Å². The van der Waals surface area contributed by atoms with Crippen LogP contribution in [0.15, 0.2) is 54.7 Å². The summed E-state index contributed by atoms with van der Waals surface area (Å²) in [6.07, 6.45) is 3.08.